The average molecular weight is 190 g/mol. The average Bonchev–Trinajstić information content (AvgIpc) is 2.24. The van der Waals surface area contributed by atoms with Gasteiger partial charge in [-0.3, -0.25) is 4.68 Å². The largest absolute Gasteiger partial charge is 0.478 e. The lowest BCUT2D eigenvalue weighted by molar-refractivity contribution is 0.0681. The van der Waals surface area contributed by atoms with E-state index < -0.39 is 23.7 Å². The first kappa shape index (κ1) is 9.63. The second-order valence-corrected chi connectivity index (χ2v) is 2.58. The molecule has 1 rings (SSSR count). The van der Waals surface area contributed by atoms with E-state index in [2.05, 4.69) is 5.10 Å². The Balaban J connectivity index is 3.38. The molecule has 0 aliphatic rings. The molecule has 72 valence electrons. The molecular formula is C7H8F2N2O2. The van der Waals surface area contributed by atoms with Gasteiger partial charge in [-0.05, 0) is 6.92 Å². The van der Waals surface area contributed by atoms with Crippen molar-refractivity contribution in [3.8, 4) is 0 Å². The minimum Gasteiger partial charge on any atom is -0.478 e. The maximum Gasteiger partial charge on any atom is 0.339 e. The highest BCUT2D eigenvalue weighted by atomic mass is 19.3. The van der Waals surface area contributed by atoms with Gasteiger partial charge in [-0.2, -0.15) is 5.10 Å². The van der Waals surface area contributed by atoms with E-state index in [-0.39, 0.29) is 5.69 Å². The van der Waals surface area contributed by atoms with Crippen LogP contribution >= 0.6 is 0 Å². The van der Waals surface area contributed by atoms with Crippen molar-refractivity contribution in [2.75, 3.05) is 0 Å². The molecule has 1 aromatic rings. The molecule has 0 aliphatic carbocycles. The van der Waals surface area contributed by atoms with Crippen LogP contribution in [0.25, 0.3) is 0 Å². The number of aryl methyl sites for hydroxylation is 2. The van der Waals surface area contributed by atoms with E-state index in [4.69, 9.17) is 5.11 Å². The van der Waals surface area contributed by atoms with Gasteiger partial charge in [-0.15, -0.1) is 0 Å². The molecule has 0 saturated carbocycles. The number of alkyl halides is 2. The number of aromatic nitrogens is 2. The third-order valence-corrected chi connectivity index (χ3v) is 1.69. The van der Waals surface area contributed by atoms with Gasteiger partial charge in [0.2, 0.25) is 0 Å². The third-order valence-electron chi connectivity index (χ3n) is 1.69. The number of carboxylic acids is 1. The van der Waals surface area contributed by atoms with Crippen molar-refractivity contribution in [2.24, 2.45) is 7.05 Å². The van der Waals surface area contributed by atoms with Crippen molar-refractivity contribution in [2.45, 2.75) is 13.3 Å². The molecule has 0 aromatic carbocycles. The van der Waals surface area contributed by atoms with Crippen LogP contribution in [0.1, 0.15) is 28.2 Å². The summed E-state index contributed by atoms with van der Waals surface area (Å²) in [6.07, 6.45) is -2.82. The SMILES string of the molecule is Cc1nn(C)c(C(F)F)c1C(=O)O. The van der Waals surface area contributed by atoms with E-state index in [1.807, 2.05) is 0 Å². The fourth-order valence-electron chi connectivity index (χ4n) is 1.19. The lowest BCUT2D eigenvalue weighted by atomic mass is 10.2. The van der Waals surface area contributed by atoms with E-state index >= 15 is 0 Å². The fraction of sp³-hybridized carbons (Fsp3) is 0.429. The molecule has 0 bridgehead atoms. The van der Waals surface area contributed by atoms with E-state index in [1.165, 1.54) is 14.0 Å². The van der Waals surface area contributed by atoms with Gasteiger partial charge in [-0.1, -0.05) is 0 Å². The monoisotopic (exact) mass is 190 g/mol. The molecule has 0 spiro atoms. The summed E-state index contributed by atoms with van der Waals surface area (Å²) in [5.41, 5.74) is -0.854. The standard InChI is InChI=1S/C7H8F2N2O2/c1-3-4(7(12)13)5(6(8)9)11(2)10-3/h6H,1-2H3,(H,12,13). The maximum absolute atomic E-state index is 12.3. The first-order chi connectivity index (χ1) is 5.95. The van der Waals surface area contributed by atoms with Crippen LogP contribution < -0.4 is 0 Å². The van der Waals surface area contributed by atoms with Crippen molar-refractivity contribution in [1.82, 2.24) is 9.78 Å². The maximum atomic E-state index is 12.3. The summed E-state index contributed by atoms with van der Waals surface area (Å²) in [4.78, 5) is 10.6. The molecule has 0 aliphatic heterocycles. The topological polar surface area (TPSA) is 55.1 Å². The molecule has 0 unspecified atom stereocenters. The normalized spacial score (nSPS) is 10.8. The molecule has 0 amide bonds. The Morgan fingerprint density at radius 1 is 1.62 bits per heavy atom. The van der Waals surface area contributed by atoms with Gasteiger partial charge in [0.05, 0.1) is 5.69 Å². The van der Waals surface area contributed by atoms with Crippen LogP contribution in [0.4, 0.5) is 8.78 Å². The van der Waals surface area contributed by atoms with Crippen LogP contribution in [0.3, 0.4) is 0 Å². The number of hydrogen-bond donors (Lipinski definition) is 1. The molecule has 1 aromatic heterocycles. The van der Waals surface area contributed by atoms with Gasteiger partial charge in [0.1, 0.15) is 11.3 Å². The molecule has 6 heteroatoms. The molecule has 0 fully saturated rings. The Hall–Kier alpha value is -1.46. The Morgan fingerprint density at radius 2 is 2.15 bits per heavy atom. The van der Waals surface area contributed by atoms with E-state index in [0.29, 0.717) is 0 Å². The van der Waals surface area contributed by atoms with E-state index in [1.54, 1.807) is 0 Å². The van der Waals surface area contributed by atoms with Gasteiger partial charge < -0.3 is 5.11 Å². The number of nitrogens with zero attached hydrogens (tertiary/aromatic N) is 2. The number of halogens is 2. The van der Waals surface area contributed by atoms with Crippen molar-refractivity contribution in [1.29, 1.82) is 0 Å². The highest BCUT2D eigenvalue weighted by Crippen LogP contribution is 2.24. The van der Waals surface area contributed by atoms with Crippen LogP contribution in [0, 0.1) is 6.92 Å². The summed E-state index contributed by atoms with van der Waals surface area (Å²) in [6.45, 7) is 1.38. The Labute approximate surface area is 72.8 Å². The third kappa shape index (κ3) is 1.51. The molecule has 13 heavy (non-hydrogen) atoms. The molecule has 0 radical (unpaired) electrons. The minimum absolute atomic E-state index is 0.102. The van der Waals surface area contributed by atoms with Crippen LogP contribution in [0.15, 0.2) is 0 Å². The summed E-state index contributed by atoms with van der Waals surface area (Å²) in [7, 11) is 1.29. The lowest BCUT2D eigenvalue weighted by Gasteiger charge is -2.00. The highest BCUT2D eigenvalue weighted by Gasteiger charge is 2.25. The van der Waals surface area contributed by atoms with Gasteiger partial charge >= 0.3 is 5.97 Å². The lowest BCUT2D eigenvalue weighted by Crippen LogP contribution is -2.05. The zero-order chi connectivity index (χ0) is 10.2. The van der Waals surface area contributed by atoms with Crippen LogP contribution in [0.2, 0.25) is 0 Å². The minimum atomic E-state index is -2.82. The van der Waals surface area contributed by atoms with Crippen LogP contribution in [0.5, 0.6) is 0 Å². The fourth-order valence-corrected chi connectivity index (χ4v) is 1.19. The zero-order valence-corrected chi connectivity index (χ0v) is 7.08. The first-order valence-corrected chi connectivity index (χ1v) is 3.50. The van der Waals surface area contributed by atoms with Gasteiger partial charge in [0, 0.05) is 7.05 Å². The predicted molar refractivity (Wildman–Crippen MR) is 39.9 cm³/mol. The zero-order valence-electron chi connectivity index (χ0n) is 7.08. The molecule has 1 N–H and O–H groups in total. The summed E-state index contributed by atoms with van der Waals surface area (Å²) in [5.74, 6) is -1.37. The van der Waals surface area contributed by atoms with Crippen molar-refractivity contribution in [3.05, 3.63) is 17.0 Å². The highest BCUT2D eigenvalue weighted by molar-refractivity contribution is 5.90. The van der Waals surface area contributed by atoms with E-state index in [9.17, 15) is 13.6 Å². The summed E-state index contributed by atoms with van der Waals surface area (Å²) in [5, 5.41) is 12.2. The van der Waals surface area contributed by atoms with Crippen molar-refractivity contribution < 1.29 is 18.7 Å². The van der Waals surface area contributed by atoms with Crippen molar-refractivity contribution >= 4 is 5.97 Å². The summed E-state index contributed by atoms with van der Waals surface area (Å²) >= 11 is 0. The van der Waals surface area contributed by atoms with Gasteiger partial charge in [-0.25, -0.2) is 13.6 Å². The molecule has 0 saturated heterocycles. The molecular weight excluding hydrogens is 182 g/mol. The molecule has 0 atom stereocenters. The quantitative estimate of drug-likeness (QED) is 0.766. The number of aromatic carboxylic acids is 1. The van der Waals surface area contributed by atoms with E-state index in [0.717, 1.165) is 4.68 Å². The van der Waals surface area contributed by atoms with Crippen LogP contribution in [-0.2, 0) is 7.05 Å². The Kier molecular flexibility index (Phi) is 2.31. The smallest absolute Gasteiger partial charge is 0.339 e. The van der Waals surface area contributed by atoms with Gasteiger partial charge in [0.15, 0.2) is 0 Å². The predicted octanol–water partition coefficient (Wildman–Crippen LogP) is 1.36. The van der Waals surface area contributed by atoms with Gasteiger partial charge in [0.25, 0.3) is 6.43 Å². The van der Waals surface area contributed by atoms with Crippen LogP contribution in [-0.4, -0.2) is 20.9 Å². The second kappa shape index (κ2) is 3.12. The summed E-state index contributed by atoms with van der Waals surface area (Å²) < 4.78 is 25.6. The summed E-state index contributed by atoms with van der Waals surface area (Å²) in [6, 6.07) is 0. The first-order valence-electron chi connectivity index (χ1n) is 3.50. The van der Waals surface area contributed by atoms with Crippen molar-refractivity contribution in [3.63, 3.8) is 0 Å². The molecule has 4 nitrogen and oxygen atoms in total. The Morgan fingerprint density at radius 3 is 2.46 bits per heavy atom. The number of hydrogen-bond acceptors (Lipinski definition) is 2. The Bertz CT molecular complexity index is 347. The number of rotatable bonds is 2. The second-order valence-electron chi connectivity index (χ2n) is 2.58. The number of carboxylic acid groups (broad SMARTS) is 1. The number of carbonyl (C=O) groups is 1. The molecule has 1 heterocycles.